The summed E-state index contributed by atoms with van der Waals surface area (Å²) in [6.07, 6.45) is 3.99. The second-order valence-electron chi connectivity index (χ2n) is 8.52. The van der Waals surface area contributed by atoms with Crippen molar-refractivity contribution < 1.29 is 18.9 Å². The second kappa shape index (κ2) is 8.15. The van der Waals surface area contributed by atoms with Gasteiger partial charge in [0.1, 0.15) is 36.4 Å². The van der Waals surface area contributed by atoms with Gasteiger partial charge in [0, 0.05) is 16.6 Å². The Kier molecular flexibility index (Phi) is 5.48. The van der Waals surface area contributed by atoms with Crippen LogP contribution < -0.4 is 0 Å². The summed E-state index contributed by atoms with van der Waals surface area (Å²) in [5, 5.41) is 1.86. The average Bonchev–Trinajstić information content (AvgIpc) is 3.42. The number of fused-ring (bicyclic) bond motifs is 3. The Morgan fingerprint density at radius 2 is 1.97 bits per heavy atom. The molecule has 2 fully saturated rings. The van der Waals surface area contributed by atoms with Crippen molar-refractivity contribution in [3.05, 3.63) is 58.6 Å². The quantitative estimate of drug-likeness (QED) is 0.609. The Labute approximate surface area is 186 Å². The SMILES string of the molecule is CC1(C)OC2COC(C3OCCc4cc(Cl)ccc43)C2O1.Cc1ncnc2[nH]ccc12. The average molecular weight is 444 g/mol. The van der Waals surface area contributed by atoms with E-state index in [2.05, 4.69) is 15.0 Å². The highest BCUT2D eigenvalue weighted by molar-refractivity contribution is 6.30. The molecule has 0 spiro atoms. The molecule has 1 aromatic carbocycles. The highest BCUT2D eigenvalue weighted by Crippen LogP contribution is 2.42. The first-order valence-corrected chi connectivity index (χ1v) is 10.9. The van der Waals surface area contributed by atoms with Crippen molar-refractivity contribution in [2.24, 2.45) is 0 Å². The number of aryl methyl sites for hydroxylation is 1. The summed E-state index contributed by atoms with van der Waals surface area (Å²) < 4.78 is 23.8. The van der Waals surface area contributed by atoms with Gasteiger partial charge < -0.3 is 23.9 Å². The second-order valence-corrected chi connectivity index (χ2v) is 8.96. The van der Waals surface area contributed by atoms with E-state index in [0.717, 1.165) is 33.7 Å². The van der Waals surface area contributed by atoms with E-state index >= 15 is 0 Å². The Morgan fingerprint density at radius 3 is 2.81 bits per heavy atom. The molecule has 3 aliphatic heterocycles. The topological polar surface area (TPSA) is 78.5 Å². The van der Waals surface area contributed by atoms with Gasteiger partial charge in [0.25, 0.3) is 0 Å². The summed E-state index contributed by atoms with van der Waals surface area (Å²) in [6, 6.07) is 7.95. The van der Waals surface area contributed by atoms with E-state index in [1.165, 1.54) is 5.56 Å². The van der Waals surface area contributed by atoms with Gasteiger partial charge in [0.05, 0.1) is 18.9 Å². The van der Waals surface area contributed by atoms with Crippen LogP contribution in [0.25, 0.3) is 11.0 Å². The first-order chi connectivity index (χ1) is 14.9. The van der Waals surface area contributed by atoms with Crippen LogP contribution in [0.3, 0.4) is 0 Å². The van der Waals surface area contributed by atoms with E-state index < -0.39 is 5.79 Å². The van der Waals surface area contributed by atoms with Crippen molar-refractivity contribution in [2.45, 2.75) is 57.4 Å². The Bertz CT molecular complexity index is 1090. The molecule has 1 N–H and O–H groups in total. The van der Waals surface area contributed by atoms with Crippen molar-refractivity contribution in [2.75, 3.05) is 13.2 Å². The zero-order chi connectivity index (χ0) is 21.6. The van der Waals surface area contributed by atoms with Gasteiger partial charge in [0.2, 0.25) is 0 Å². The first-order valence-electron chi connectivity index (χ1n) is 10.5. The minimum absolute atomic E-state index is 0.00808. The molecule has 0 bridgehead atoms. The predicted molar refractivity (Wildman–Crippen MR) is 116 cm³/mol. The van der Waals surface area contributed by atoms with Crippen molar-refractivity contribution in [3.8, 4) is 0 Å². The van der Waals surface area contributed by atoms with Crippen molar-refractivity contribution in [3.63, 3.8) is 0 Å². The predicted octanol–water partition coefficient (Wildman–Crippen LogP) is 4.14. The standard InChI is InChI=1S/C16H19ClO4.C7H7N3/c1-16(2)20-12-8-19-15(14(12)21-16)13-11-4-3-10(17)7-9(11)5-6-18-13;1-5-6-2-3-8-7(6)10-4-9-5/h3-4,7,12-15H,5-6,8H2,1-2H3;2-4H,1H3,(H,8,9,10). The van der Waals surface area contributed by atoms with Crippen LogP contribution in [0.5, 0.6) is 0 Å². The monoisotopic (exact) mass is 443 g/mol. The molecule has 164 valence electrons. The van der Waals surface area contributed by atoms with Gasteiger partial charge in [-0.15, -0.1) is 0 Å². The van der Waals surface area contributed by atoms with Crippen LogP contribution in [-0.4, -0.2) is 52.3 Å². The Hall–Kier alpha value is -2.03. The lowest BCUT2D eigenvalue weighted by atomic mass is 9.92. The smallest absolute Gasteiger partial charge is 0.164 e. The molecule has 7 nitrogen and oxygen atoms in total. The van der Waals surface area contributed by atoms with Gasteiger partial charge in [-0.2, -0.15) is 0 Å². The lowest BCUT2D eigenvalue weighted by molar-refractivity contribution is -0.189. The van der Waals surface area contributed by atoms with Crippen LogP contribution in [0.4, 0.5) is 0 Å². The molecule has 0 radical (unpaired) electrons. The Morgan fingerprint density at radius 1 is 1.10 bits per heavy atom. The normalized spacial score (nSPS) is 28.6. The molecule has 6 rings (SSSR count). The molecule has 3 aromatic rings. The number of halogens is 1. The summed E-state index contributed by atoms with van der Waals surface area (Å²) in [6.45, 7) is 7.09. The van der Waals surface area contributed by atoms with E-state index in [1.54, 1.807) is 6.33 Å². The molecule has 2 saturated heterocycles. The highest BCUT2D eigenvalue weighted by Gasteiger charge is 2.53. The Balaban J connectivity index is 0.000000171. The maximum absolute atomic E-state index is 6.09. The maximum Gasteiger partial charge on any atom is 0.164 e. The molecule has 31 heavy (non-hydrogen) atoms. The van der Waals surface area contributed by atoms with Crippen molar-refractivity contribution in [1.82, 2.24) is 15.0 Å². The molecule has 3 aliphatic rings. The van der Waals surface area contributed by atoms with Crippen molar-refractivity contribution in [1.29, 1.82) is 0 Å². The van der Waals surface area contributed by atoms with Crippen molar-refractivity contribution >= 4 is 22.6 Å². The molecule has 0 aliphatic carbocycles. The van der Waals surface area contributed by atoms with Crippen LogP contribution in [0, 0.1) is 6.92 Å². The number of nitrogens with zero attached hydrogens (tertiary/aromatic N) is 2. The van der Waals surface area contributed by atoms with E-state index in [0.29, 0.717) is 13.2 Å². The van der Waals surface area contributed by atoms with Crippen LogP contribution in [0.15, 0.2) is 36.8 Å². The van der Waals surface area contributed by atoms with Gasteiger partial charge in [0.15, 0.2) is 5.79 Å². The number of benzene rings is 1. The van der Waals surface area contributed by atoms with Crippen LogP contribution >= 0.6 is 11.6 Å². The number of rotatable bonds is 1. The van der Waals surface area contributed by atoms with Gasteiger partial charge in [-0.05, 0) is 56.5 Å². The molecule has 4 unspecified atom stereocenters. The largest absolute Gasteiger partial charge is 0.370 e. The molecule has 8 heteroatoms. The van der Waals surface area contributed by atoms with Gasteiger partial charge in [-0.25, -0.2) is 9.97 Å². The fourth-order valence-electron chi connectivity index (χ4n) is 4.56. The van der Waals surface area contributed by atoms with Crippen LogP contribution in [0.2, 0.25) is 5.02 Å². The molecule has 0 saturated carbocycles. The van der Waals surface area contributed by atoms with E-state index in [-0.39, 0.29) is 24.4 Å². The third-order valence-electron chi connectivity index (χ3n) is 5.93. The van der Waals surface area contributed by atoms with E-state index in [9.17, 15) is 0 Å². The first kappa shape index (κ1) is 20.8. The number of hydrogen-bond donors (Lipinski definition) is 1. The molecule has 2 aromatic heterocycles. The fourth-order valence-corrected chi connectivity index (χ4v) is 4.75. The number of aromatic nitrogens is 3. The van der Waals surface area contributed by atoms with Crippen LogP contribution in [-0.2, 0) is 25.4 Å². The lowest BCUT2D eigenvalue weighted by Crippen LogP contribution is -2.37. The fraction of sp³-hybridized carbons (Fsp3) is 0.478. The number of hydrogen-bond acceptors (Lipinski definition) is 6. The zero-order valence-corrected chi connectivity index (χ0v) is 18.6. The summed E-state index contributed by atoms with van der Waals surface area (Å²) in [7, 11) is 0. The zero-order valence-electron chi connectivity index (χ0n) is 17.8. The highest BCUT2D eigenvalue weighted by atomic mass is 35.5. The number of nitrogens with one attached hydrogen (secondary N) is 1. The lowest BCUT2D eigenvalue weighted by Gasteiger charge is -2.32. The van der Waals surface area contributed by atoms with Gasteiger partial charge in [-0.1, -0.05) is 17.7 Å². The summed E-state index contributed by atoms with van der Waals surface area (Å²) in [4.78, 5) is 11.1. The van der Waals surface area contributed by atoms with Crippen LogP contribution in [0.1, 0.15) is 36.8 Å². The minimum atomic E-state index is -0.547. The third-order valence-corrected chi connectivity index (χ3v) is 6.17. The maximum atomic E-state index is 6.09. The number of ether oxygens (including phenoxy) is 4. The van der Waals surface area contributed by atoms with E-state index in [4.69, 9.17) is 30.5 Å². The molecule has 5 heterocycles. The summed E-state index contributed by atoms with van der Waals surface area (Å²) >= 11 is 6.09. The van der Waals surface area contributed by atoms with E-state index in [1.807, 2.05) is 51.2 Å². The van der Waals surface area contributed by atoms with Gasteiger partial charge in [-0.3, -0.25) is 0 Å². The number of aromatic amines is 1. The third kappa shape index (κ3) is 4.08. The summed E-state index contributed by atoms with van der Waals surface area (Å²) in [5.74, 6) is -0.547. The molecular weight excluding hydrogens is 418 g/mol. The minimum Gasteiger partial charge on any atom is -0.370 e. The van der Waals surface area contributed by atoms with Gasteiger partial charge >= 0.3 is 0 Å². The molecular formula is C23H26ClN3O4. The summed E-state index contributed by atoms with van der Waals surface area (Å²) in [5.41, 5.74) is 4.33. The molecule has 0 amide bonds. The number of H-pyrrole nitrogens is 1. The molecule has 4 atom stereocenters.